The number of nitrogens with two attached hydrogens (primary N) is 1. The van der Waals surface area contributed by atoms with E-state index in [1.54, 1.807) is 7.11 Å². The van der Waals surface area contributed by atoms with E-state index in [9.17, 15) is 0 Å². The van der Waals surface area contributed by atoms with Gasteiger partial charge in [-0.15, -0.1) is 0 Å². The maximum absolute atomic E-state index is 5.56. The van der Waals surface area contributed by atoms with E-state index in [0.29, 0.717) is 11.0 Å². The Labute approximate surface area is 115 Å². The van der Waals surface area contributed by atoms with Gasteiger partial charge in [0.2, 0.25) is 0 Å². The zero-order valence-electron chi connectivity index (χ0n) is 11.3. The van der Waals surface area contributed by atoms with Crippen LogP contribution >= 0.6 is 12.2 Å². The SMILES string of the molecule is COc1cccc(CN(CCC(N)=S)C(C)C)c1. The molecule has 0 saturated heterocycles. The number of methoxy groups -OCH3 is 1. The summed E-state index contributed by atoms with van der Waals surface area (Å²) < 4.78 is 5.24. The Morgan fingerprint density at radius 2 is 2.17 bits per heavy atom. The Hall–Kier alpha value is -1.13. The fourth-order valence-corrected chi connectivity index (χ4v) is 1.87. The molecule has 0 aliphatic carbocycles. The molecule has 100 valence electrons. The van der Waals surface area contributed by atoms with Gasteiger partial charge in [0, 0.05) is 25.6 Å². The molecule has 0 radical (unpaired) electrons. The van der Waals surface area contributed by atoms with Crippen molar-refractivity contribution < 1.29 is 4.74 Å². The quantitative estimate of drug-likeness (QED) is 0.770. The molecular formula is C14H22N2OS. The molecule has 1 aromatic rings. The average molecular weight is 266 g/mol. The molecule has 4 heteroatoms. The van der Waals surface area contributed by atoms with Gasteiger partial charge < -0.3 is 10.5 Å². The highest BCUT2D eigenvalue weighted by Crippen LogP contribution is 2.15. The number of rotatable bonds is 7. The number of hydrogen-bond donors (Lipinski definition) is 1. The van der Waals surface area contributed by atoms with Crippen LogP contribution in [0, 0.1) is 0 Å². The third-order valence-electron chi connectivity index (χ3n) is 2.90. The summed E-state index contributed by atoms with van der Waals surface area (Å²) in [5.41, 5.74) is 6.81. The van der Waals surface area contributed by atoms with E-state index in [4.69, 9.17) is 22.7 Å². The summed E-state index contributed by atoms with van der Waals surface area (Å²) in [5.74, 6) is 0.894. The van der Waals surface area contributed by atoms with E-state index in [2.05, 4.69) is 30.9 Å². The van der Waals surface area contributed by atoms with Crippen LogP contribution in [0.4, 0.5) is 0 Å². The molecule has 0 unspecified atom stereocenters. The van der Waals surface area contributed by atoms with Gasteiger partial charge >= 0.3 is 0 Å². The fourth-order valence-electron chi connectivity index (χ4n) is 1.78. The third-order valence-corrected chi connectivity index (χ3v) is 3.10. The van der Waals surface area contributed by atoms with Crippen LogP contribution < -0.4 is 10.5 Å². The van der Waals surface area contributed by atoms with Crippen LogP contribution in [-0.4, -0.2) is 29.6 Å². The molecule has 1 aromatic carbocycles. The van der Waals surface area contributed by atoms with E-state index < -0.39 is 0 Å². The van der Waals surface area contributed by atoms with Crippen molar-refractivity contribution in [1.29, 1.82) is 0 Å². The molecule has 1 rings (SSSR count). The first-order valence-electron chi connectivity index (χ1n) is 6.18. The molecule has 0 fully saturated rings. The van der Waals surface area contributed by atoms with Crippen LogP contribution in [0.3, 0.4) is 0 Å². The Balaban J connectivity index is 2.67. The van der Waals surface area contributed by atoms with E-state index in [1.807, 2.05) is 12.1 Å². The molecule has 0 spiro atoms. The lowest BCUT2D eigenvalue weighted by molar-refractivity contribution is 0.219. The molecule has 0 heterocycles. The molecule has 2 N–H and O–H groups in total. The van der Waals surface area contributed by atoms with Crippen LogP contribution in [0.1, 0.15) is 25.8 Å². The molecule has 18 heavy (non-hydrogen) atoms. The summed E-state index contributed by atoms with van der Waals surface area (Å²) in [6.07, 6.45) is 0.761. The summed E-state index contributed by atoms with van der Waals surface area (Å²) >= 11 is 4.94. The van der Waals surface area contributed by atoms with Gasteiger partial charge in [-0.05, 0) is 31.5 Å². The van der Waals surface area contributed by atoms with E-state index in [0.717, 1.165) is 25.3 Å². The van der Waals surface area contributed by atoms with Crippen molar-refractivity contribution in [3.05, 3.63) is 29.8 Å². The van der Waals surface area contributed by atoms with E-state index in [1.165, 1.54) is 5.56 Å². The van der Waals surface area contributed by atoms with Gasteiger partial charge in [0.05, 0.1) is 12.1 Å². The fraction of sp³-hybridized carbons (Fsp3) is 0.500. The Morgan fingerprint density at radius 1 is 1.44 bits per heavy atom. The standard InChI is InChI=1S/C14H22N2OS/c1-11(2)16(8-7-14(15)18)10-12-5-4-6-13(9-12)17-3/h4-6,9,11H,7-8,10H2,1-3H3,(H2,15,18). The summed E-state index contributed by atoms with van der Waals surface area (Å²) in [5, 5.41) is 0. The van der Waals surface area contributed by atoms with Gasteiger partial charge in [0.1, 0.15) is 5.75 Å². The highest BCUT2D eigenvalue weighted by atomic mass is 32.1. The first kappa shape index (κ1) is 14.9. The summed E-state index contributed by atoms with van der Waals surface area (Å²) in [7, 11) is 1.69. The zero-order valence-corrected chi connectivity index (χ0v) is 12.2. The van der Waals surface area contributed by atoms with E-state index in [-0.39, 0.29) is 0 Å². The molecule has 0 aromatic heterocycles. The lowest BCUT2D eigenvalue weighted by Crippen LogP contribution is -2.33. The first-order valence-corrected chi connectivity index (χ1v) is 6.59. The number of hydrogen-bond acceptors (Lipinski definition) is 3. The normalized spacial score (nSPS) is 10.9. The average Bonchev–Trinajstić information content (AvgIpc) is 2.34. The number of benzene rings is 1. The van der Waals surface area contributed by atoms with Crippen LogP contribution in [0.15, 0.2) is 24.3 Å². The van der Waals surface area contributed by atoms with E-state index >= 15 is 0 Å². The predicted molar refractivity (Wildman–Crippen MR) is 79.9 cm³/mol. The highest BCUT2D eigenvalue weighted by Gasteiger charge is 2.10. The molecule has 0 amide bonds. The Morgan fingerprint density at radius 3 is 2.72 bits per heavy atom. The maximum Gasteiger partial charge on any atom is 0.119 e. The van der Waals surface area contributed by atoms with Gasteiger partial charge in [0.15, 0.2) is 0 Å². The lowest BCUT2D eigenvalue weighted by atomic mass is 10.1. The number of nitrogens with zero attached hydrogens (tertiary/aromatic N) is 1. The van der Waals surface area contributed by atoms with Crippen molar-refractivity contribution in [2.75, 3.05) is 13.7 Å². The summed E-state index contributed by atoms with van der Waals surface area (Å²) in [4.78, 5) is 2.93. The number of ether oxygens (including phenoxy) is 1. The van der Waals surface area contributed by atoms with Crippen molar-refractivity contribution in [2.24, 2.45) is 5.73 Å². The highest BCUT2D eigenvalue weighted by molar-refractivity contribution is 7.80. The summed E-state index contributed by atoms with van der Waals surface area (Å²) in [6, 6.07) is 8.61. The monoisotopic (exact) mass is 266 g/mol. The molecule has 3 nitrogen and oxygen atoms in total. The minimum absolute atomic E-state index is 0.463. The van der Waals surface area contributed by atoms with Gasteiger partial charge in [0.25, 0.3) is 0 Å². The summed E-state index contributed by atoms with van der Waals surface area (Å²) in [6.45, 7) is 6.14. The second kappa shape index (κ2) is 7.34. The van der Waals surface area contributed by atoms with Gasteiger partial charge in [-0.1, -0.05) is 24.4 Å². The second-order valence-electron chi connectivity index (χ2n) is 4.63. The van der Waals surface area contributed by atoms with Crippen molar-refractivity contribution in [1.82, 2.24) is 4.90 Å². The molecule has 0 saturated carbocycles. The van der Waals surface area contributed by atoms with Crippen molar-refractivity contribution >= 4 is 17.2 Å². The van der Waals surface area contributed by atoms with Crippen LogP contribution in [0.25, 0.3) is 0 Å². The van der Waals surface area contributed by atoms with Crippen LogP contribution in [0.5, 0.6) is 5.75 Å². The van der Waals surface area contributed by atoms with Crippen molar-refractivity contribution in [3.63, 3.8) is 0 Å². The maximum atomic E-state index is 5.56. The largest absolute Gasteiger partial charge is 0.497 e. The topological polar surface area (TPSA) is 38.5 Å². The minimum atomic E-state index is 0.463. The second-order valence-corrected chi connectivity index (χ2v) is 5.16. The lowest BCUT2D eigenvalue weighted by Gasteiger charge is -2.26. The van der Waals surface area contributed by atoms with Crippen LogP contribution in [-0.2, 0) is 6.54 Å². The number of thiocarbonyl (C=S) groups is 1. The molecule has 0 bridgehead atoms. The Bertz CT molecular complexity index is 393. The van der Waals surface area contributed by atoms with Crippen molar-refractivity contribution in [2.45, 2.75) is 32.9 Å². The zero-order chi connectivity index (χ0) is 13.5. The van der Waals surface area contributed by atoms with Gasteiger partial charge in [-0.2, -0.15) is 0 Å². The minimum Gasteiger partial charge on any atom is -0.497 e. The third kappa shape index (κ3) is 5.02. The first-order chi connectivity index (χ1) is 8.52. The predicted octanol–water partition coefficient (Wildman–Crippen LogP) is 2.58. The van der Waals surface area contributed by atoms with Crippen LogP contribution in [0.2, 0.25) is 0 Å². The molecule has 0 aliphatic rings. The molecule has 0 aliphatic heterocycles. The Kier molecular flexibility index (Phi) is 6.09. The molecule has 0 atom stereocenters. The molecular weight excluding hydrogens is 244 g/mol. The van der Waals surface area contributed by atoms with Crippen molar-refractivity contribution in [3.8, 4) is 5.75 Å². The van der Waals surface area contributed by atoms with Gasteiger partial charge in [-0.3, -0.25) is 4.90 Å². The smallest absolute Gasteiger partial charge is 0.119 e. The van der Waals surface area contributed by atoms with Gasteiger partial charge in [-0.25, -0.2) is 0 Å².